The number of hydrogen-bond donors (Lipinski definition) is 0. The first-order chi connectivity index (χ1) is 16.5. The van der Waals surface area contributed by atoms with Gasteiger partial charge in [0.05, 0.1) is 0 Å². The van der Waals surface area contributed by atoms with Crippen LogP contribution in [-0.4, -0.2) is 0 Å². The number of aryl methyl sites for hydroxylation is 1. The Morgan fingerprint density at radius 3 is 1.29 bits per heavy atom. The lowest BCUT2D eigenvalue weighted by Crippen LogP contribution is -2.10. The maximum atomic E-state index is 2.31. The van der Waals surface area contributed by atoms with Crippen molar-refractivity contribution in [2.75, 3.05) is 0 Å². The Labute approximate surface area is 212 Å². The molecule has 0 heterocycles. The highest BCUT2D eigenvalue weighted by Gasteiger charge is 2.12. The molecule has 0 aromatic heterocycles. The summed E-state index contributed by atoms with van der Waals surface area (Å²) in [6, 6.07) is 18.1. The summed E-state index contributed by atoms with van der Waals surface area (Å²) in [5.74, 6) is 0. The molecule has 0 unspecified atom stereocenters. The van der Waals surface area contributed by atoms with Gasteiger partial charge in [0.15, 0.2) is 0 Å². The van der Waals surface area contributed by atoms with Crippen molar-refractivity contribution in [3.8, 4) is 0 Å². The lowest BCUT2D eigenvalue weighted by molar-refractivity contribution is 0.535. The predicted octanol–water partition coefficient (Wildman–Crippen LogP) is 11.2. The molecule has 0 heteroatoms. The lowest BCUT2D eigenvalue weighted by Gasteiger charge is -2.18. The second-order valence-electron chi connectivity index (χ2n) is 11.3. The third-order valence-electron chi connectivity index (χ3n) is 7.04. The van der Waals surface area contributed by atoms with E-state index in [1.165, 1.54) is 119 Å². The van der Waals surface area contributed by atoms with Gasteiger partial charge in [0, 0.05) is 0 Å². The van der Waals surface area contributed by atoms with Crippen molar-refractivity contribution in [1.82, 2.24) is 0 Å². The molecule has 0 bridgehead atoms. The van der Waals surface area contributed by atoms with Crippen LogP contribution in [0.1, 0.15) is 140 Å². The fourth-order valence-corrected chi connectivity index (χ4v) is 4.61. The first-order valence-corrected chi connectivity index (χ1v) is 14.4. The highest BCUT2D eigenvalue weighted by Crippen LogP contribution is 2.23. The van der Waals surface area contributed by atoms with Crippen LogP contribution in [0.4, 0.5) is 0 Å². The van der Waals surface area contributed by atoms with Crippen molar-refractivity contribution in [2.45, 2.75) is 129 Å². The van der Waals surface area contributed by atoms with Gasteiger partial charge in [0.25, 0.3) is 0 Å². The maximum Gasteiger partial charge on any atom is -0.0132 e. The standard InChI is InChI=1S/C34H52/c1-5-6-7-8-9-10-11-12-13-14-15-16-17-18-19-30-20-22-31(23-21-30)24-25-32-26-28-33(29-27-32)34(2,3)4/h20-29H,5-19H2,1-4H3. The molecule has 0 aliphatic heterocycles. The predicted molar refractivity (Wildman–Crippen MR) is 155 cm³/mol. The molecule has 0 saturated heterocycles. The molecular formula is C34H52. The minimum atomic E-state index is 0.213. The summed E-state index contributed by atoms with van der Waals surface area (Å²) in [4.78, 5) is 0. The van der Waals surface area contributed by atoms with Crippen LogP contribution in [0.15, 0.2) is 48.5 Å². The van der Waals surface area contributed by atoms with Crippen LogP contribution in [-0.2, 0) is 11.8 Å². The fraction of sp³-hybridized carbons (Fsp3) is 0.588. The Bertz CT molecular complexity index is 770. The Balaban J connectivity index is 1.52. The number of hydrogen-bond acceptors (Lipinski definition) is 0. The van der Waals surface area contributed by atoms with Crippen molar-refractivity contribution in [2.24, 2.45) is 0 Å². The molecule has 0 amide bonds. The first-order valence-electron chi connectivity index (χ1n) is 14.4. The van der Waals surface area contributed by atoms with E-state index in [1.807, 2.05) is 0 Å². The summed E-state index contributed by atoms with van der Waals surface area (Å²) < 4.78 is 0. The number of rotatable bonds is 17. The second-order valence-corrected chi connectivity index (χ2v) is 11.3. The normalized spacial score (nSPS) is 12.0. The fourth-order valence-electron chi connectivity index (χ4n) is 4.61. The Hall–Kier alpha value is -1.82. The SMILES string of the molecule is CCCCCCCCCCCCCCCCc1ccc(C=Cc2ccc(C(C)(C)C)cc2)cc1. The van der Waals surface area contributed by atoms with Crippen molar-refractivity contribution in [3.05, 3.63) is 70.8 Å². The molecule has 0 N–H and O–H groups in total. The van der Waals surface area contributed by atoms with Crippen LogP contribution in [0.25, 0.3) is 12.2 Å². The van der Waals surface area contributed by atoms with E-state index < -0.39 is 0 Å². The largest absolute Gasteiger partial charge is 0.0654 e. The highest BCUT2D eigenvalue weighted by atomic mass is 14.2. The lowest BCUT2D eigenvalue weighted by atomic mass is 9.87. The third kappa shape index (κ3) is 12.6. The molecule has 0 radical (unpaired) electrons. The van der Waals surface area contributed by atoms with Gasteiger partial charge in [-0.25, -0.2) is 0 Å². The summed E-state index contributed by atoms with van der Waals surface area (Å²) >= 11 is 0. The van der Waals surface area contributed by atoms with Gasteiger partial charge in [0.1, 0.15) is 0 Å². The number of benzene rings is 2. The second kappa shape index (κ2) is 16.7. The van der Waals surface area contributed by atoms with Crippen LogP contribution >= 0.6 is 0 Å². The van der Waals surface area contributed by atoms with E-state index in [-0.39, 0.29) is 5.41 Å². The van der Waals surface area contributed by atoms with E-state index in [2.05, 4.69) is 88.4 Å². The van der Waals surface area contributed by atoms with Crippen LogP contribution in [0, 0.1) is 0 Å². The average Bonchev–Trinajstić information content (AvgIpc) is 2.83. The zero-order valence-electron chi connectivity index (χ0n) is 22.9. The molecule has 0 atom stereocenters. The molecule has 0 saturated carbocycles. The quantitative estimate of drug-likeness (QED) is 0.163. The monoisotopic (exact) mass is 460 g/mol. The minimum absolute atomic E-state index is 0.213. The van der Waals surface area contributed by atoms with Gasteiger partial charge in [-0.05, 0) is 40.5 Å². The van der Waals surface area contributed by atoms with E-state index in [0.717, 1.165) is 0 Å². The van der Waals surface area contributed by atoms with Crippen molar-refractivity contribution < 1.29 is 0 Å². The molecule has 188 valence electrons. The first kappa shape index (κ1) is 28.4. The van der Waals surface area contributed by atoms with E-state index >= 15 is 0 Å². The Morgan fingerprint density at radius 2 is 0.882 bits per heavy atom. The topological polar surface area (TPSA) is 0 Å². The van der Waals surface area contributed by atoms with Gasteiger partial charge in [-0.2, -0.15) is 0 Å². The van der Waals surface area contributed by atoms with Gasteiger partial charge < -0.3 is 0 Å². The summed E-state index contributed by atoms with van der Waals surface area (Å²) in [5, 5.41) is 0. The molecule has 0 fully saturated rings. The Kier molecular flexibility index (Phi) is 14.0. The molecule has 0 spiro atoms. The van der Waals surface area contributed by atoms with Crippen molar-refractivity contribution in [1.29, 1.82) is 0 Å². The van der Waals surface area contributed by atoms with Gasteiger partial charge in [0.2, 0.25) is 0 Å². The van der Waals surface area contributed by atoms with Gasteiger partial charge in [-0.3, -0.25) is 0 Å². The van der Waals surface area contributed by atoms with E-state index in [4.69, 9.17) is 0 Å². The van der Waals surface area contributed by atoms with Crippen LogP contribution < -0.4 is 0 Å². The molecular weight excluding hydrogens is 408 g/mol. The maximum absolute atomic E-state index is 2.31. The zero-order chi connectivity index (χ0) is 24.5. The molecule has 0 nitrogen and oxygen atoms in total. The van der Waals surface area contributed by atoms with Gasteiger partial charge in [-0.1, -0.05) is 172 Å². The molecule has 2 aromatic carbocycles. The number of unbranched alkanes of at least 4 members (excludes halogenated alkanes) is 13. The molecule has 0 aliphatic carbocycles. The van der Waals surface area contributed by atoms with Crippen LogP contribution in [0.3, 0.4) is 0 Å². The molecule has 2 aromatic rings. The average molecular weight is 461 g/mol. The summed E-state index contributed by atoms with van der Waals surface area (Å²) in [6.45, 7) is 9.08. The Morgan fingerprint density at radius 1 is 0.500 bits per heavy atom. The van der Waals surface area contributed by atoms with Gasteiger partial charge in [-0.15, -0.1) is 0 Å². The smallest absolute Gasteiger partial charge is 0.0132 e. The van der Waals surface area contributed by atoms with Crippen molar-refractivity contribution in [3.63, 3.8) is 0 Å². The van der Waals surface area contributed by atoms with E-state index in [0.29, 0.717) is 0 Å². The summed E-state index contributed by atoms with van der Waals surface area (Å²) in [5.41, 5.74) is 5.62. The summed E-state index contributed by atoms with van der Waals surface area (Å²) in [6.07, 6.45) is 25.6. The molecule has 34 heavy (non-hydrogen) atoms. The van der Waals surface area contributed by atoms with E-state index in [9.17, 15) is 0 Å². The van der Waals surface area contributed by atoms with Crippen molar-refractivity contribution >= 4 is 12.2 Å². The third-order valence-corrected chi connectivity index (χ3v) is 7.04. The van der Waals surface area contributed by atoms with Crippen LogP contribution in [0.2, 0.25) is 0 Å². The van der Waals surface area contributed by atoms with Gasteiger partial charge >= 0.3 is 0 Å². The zero-order valence-corrected chi connectivity index (χ0v) is 22.9. The highest BCUT2D eigenvalue weighted by molar-refractivity contribution is 5.69. The molecule has 0 aliphatic rings. The summed E-state index contributed by atoms with van der Waals surface area (Å²) in [7, 11) is 0. The minimum Gasteiger partial charge on any atom is -0.0654 e. The molecule has 2 rings (SSSR count). The van der Waals surface area contributed by atoms with Crippen LogP contribution in [0.5, 0.6) is 0 Å². The van der Waals surface area contributed by atoms with E-state index in [1.54, 1.807) is 0 Å².